The smallest absolute Gasteiger partial charge is 0.337 e. The molecule has 0 aliphatic heterocycles. The van der Waals surface area contributed by atoms with Gasteiger partial charge in [0.15, 0.2) is 0 Å². The van der Waals surface area contributed by atoms with E-state index in [1.165, 1.54) is 19.1 Å². The first-order valence-electron chi connectivity index (χ1n) is 4.94. The zero-order chi connectivity index (χ0) is 13.9. The number of sulfonamides is 1. The molecule has 8 heteroatoms. The average Bonchev–Trinajstić information content (AvgIpc) is 2.28. The number of aliphatic hydroxyl groups is 1. The summed E-state index contributed by atoms with van der Waals surface area (Å²) in [4.78, 5) is 10.6. The van der Waals surface area contributed by atoms with Crippen molar-refractivity contribution in [2.75, 3.05) is 6.61 Å². The molecular weight excluding hydrogens is 282 g/mol. The van der Waals surface area contributed by atoms with Gasteiger partial charge in [0, 0.05) is 6.04 Å². The van der Waals surface area contributed by atoms with E-state index in [2.05, 4.69) is 4.72 Å². The standard InChI is InChI=1S/C10H12ClNO5S/c1-6(5-13)12-18(16,17)7-2-3-9(11)8(4-7)10(14)15/h2-4,6,12-13H,5H2,1H3,(H,14,15)/t6-/m0/s1. The van der Waals surface area contributed by atoms with E-state index in [9.17, 15) is 13.2 Å². The number of aromatic carboxylic acids is 1. The monoisotopic (exact) mass is 293 g/mol. The van der Waals surface area contributed by atoms with Crippen molar-refractivity contribution in [3.05, 3.63) is 28.8 Å². The lowest BCUT2D eigenvalue weighted by molar-refractivity contribution is 0.0697. The Morgan fingerprint density at radius 2 is 2.11 bits per heavy atom. The van der Waals surface area contributed by atoms with E-state index in [1.54, 1.807) is 0 Å². The van der Waals surface area contributed by atoms with Gasteiger partial charge < -0.3 is 10.2 Å². The molecule has 0 spiro atoms. The normalized spacial score (nSPS) is 13.3. The van der Waals surface area contributed by atoms with Crippen LogP contribution in [0.25, 0.3) is 0 Å². The summed E-state index contributed by atoms with van der Waals surface area (Å²) in [5.41, 5.74) is -0.295. The predicted octanol–water partition coefficient (Wildman–Crippen LogP) is 0.697. The summed E-state index contributed by atoms with van der Waals surface area (Å²) < 4.78 is 25.9. The molecule has 0 aromatic heterocycles. The van der Waals surface area contributed by atoms with Gasteiger partial charge >= 0.3 is 5.97 Å². The van der Waals surface area contributed by atoms with Crippen LogP contribution in [-0.4, -0.2) is 37.2 Å². The summed E-state index contributed by atoms with van der Waals surface area (Å²) in [5.74, 6) is -1.31. The highest BCUT2D eigenvalue weighted by atomic mass is 35.5. The van der Waals surface area contributed by atoms with Gasteiger partial charge in [-0.05, 0) is 25.1 Å². The Balaban J connectivity index is 3.18. The number of carboxylic acids is 1. The highest BCUT2D eigenvalue weighted by Gasteiger charge is 2.20. The first-order chi connectivity index (χ1) is 8.27. The molecule has 0 radical (unpaired) electrons. The van der Waals surface area contributed by atoms with Gasteiger partial charge in [-0.3, -0.25) is 0 Å². The van der Waals surface area contributed by atoms with Gasteiger partial charge in [0.1, 0.15) is 0 Å². The van der Waals surface area contributed by atoms with Crippen LogP contribution in [0.1, 0.15) is 17.3 Å². The van der Waals surface area contributed by atoms with Crippen LogP contribution >= 0.6 is 11.6 Å². The lowest BCUT2D eigenvalue weighted by Gasteiger charge is -2.12. The van der Waals surface area contributed by atoms with E-state index in [4.69, 9.17) is 21.8 Å². The topological polar surface area (TPSA) is 104 Å². The zero-order valence-corrected chi connectivity index (χ0v) is 11.0. The van der Waals surface area contributed by atoms with Crippen LogP contribution in [0.5, 0.6) is 0 Å². The molecule has 0 aliphatic rings. The molecule has 0 amide bonds. The molecule has 1 aromatic carbocycles. The lowest BCUT2D eigenvalue weighted by atomic mass is 10.2. The molecule has 0 saturated carbocycles. The van der Waals surface area contributed by atoms with Gasteiger partial charge in [0.05, 0.1) is 22.1 Å². The van der Waals surface area contributed by atoms with Crippen LogP contribution < -0.4 is 4.72 Å². The Bertz CT molecular complexity index is 557. The number of hydrogen-bond donors (Lipinski definition) is 3. The van der Waals surface area contributed by atoms with Crippen molar-refractivity contribution in [3.63, 3.8) is 0 Å². The second kappa shape index (κ2) is 5.66. The van der Waals surface area contributed by atoms with E-state index in [0.717, 1.165) is 6.07 Å². The molecule has 1 aromatic rings. The highest BCUT2D eigenvalue weighted by molar-refractivity contribution is 7.89. The Kier molecular flexibility index (Phi) is 4.69. The van der Waals surface area contributed by atoms with Crippen LogP contribution in [0.4, 0.5) is 0 Å². The summed E-state index contributed by atoms with van der Waals surface area (Å²) in [5, 5.41) is 17.6. The summed E-state index contributed by atoms with van der Waals surface area (Å²) in [6, 6.07) is 2.69. The van der Waals surface area contributed by atoms with Crippen molar-refractivity contribution < 1.29 is 23.4 Å². The minimum atomic E-state index is -3.88. The zero-order valence-electron chi connectivity index (χ0n) is 9.42. The maximum absolute atomic E-state index is 11.8. The SMILES string of the molecule is C[C@@H](CO)NS(=O)(=O)c1ccc(Cl)c(C(=O)O)c1. The molecule has 0 saturated heterocycles. The van der Waals surface area contributed by atoms with E-state index < -0.39 is 22.0 Å². The van der Waals surface area contributed by atoms with Gasteiger partial charge in [0.2, 0.25) is 10.0 Å². The second-order valence-electron chi connectivity index (χ2n) is 3.65. The van der Waals surface area contributed by atoms with Gasteiger partial charge in [-0.25, -0.2) is 17.9 Å². The average molecular weight is 294 g/mol. The largest absolute Gasteiger partial charge is 0.478 e. The molecule has 3 N–H and O–H groups in total. The molecule has 18 heavy (non-hydrogen) atoms. The van der Waals surface area contributed by atoms with E-state index in [-0.39, 0.29) is 22.1 Å². The fraction of sp³-hybridized carbons (Fsp3) is 0.300. The number of carboxylic acid groups (broad SMARTS) is 1. The van der Waals surface area contributed by atoms with Crippen LogP contribution in [-0.2, 0) is 10.0 Å². The third-order valence-corrected chi connectivity index (χ3v) is 4.03. The highest BCUT2D eigenvalue weighted by Crippen LogP contribution is 2.20. The fourth-order valence-electron chi connectivity index (χ4n) is 1.21. The predicted molar refractivity (Wildman–Crippen MR) is 65.3 cm³/mol. The second-order valence-corrected chi connectivity index (χ2v) is 5.77. The number of hydrogen-bond acceptors (Lipinski definition) is 4. The van der Waals surface area contributed by atoms with Crippen molar-refractivity contribution in [1.29, 1.82) is 0 Å². The fourth-order valence-corrected chi connectivity index (χ4v) is 2.66. The van der Waals surface area contributed by atoms with Crippen molar-refractivity contribution >= 4 is 27.6 Å². The molecule has 6 nitrogen and oxygen atoms in total. The Morgan fingerprint density at radius 3 is 2.61 bits per heavy atom. The number of aliphatic hydroxyl groups excluding tert-OH is 1. The molecule has 0 heterocycles. The summed E-state index contributed by atoms with van der Waals surface area (Å²) in [6.07, 6.45) is 0. The quantitative estimate of drug-likeness (QED) is 0.741. The summed E-state index contributed by atoms with van der Waals surface area (Å²) in [7, 11) is -3.88. The lowest BCUT2D eigenvalue weighted by Crippen LogP contribution is -2.35. The van der Waals surface area contributed by atoms with E-state index in [1.807, 2.05) is 0 Å². The molecule has 1 rings (SSSR count). The first-order valence-corrected chi connectivity index (χ1v) is 6.80. The number of nitrogens with one attached hydrogen (secondary N) is 1. The minimum Gasteiger partial charge on any atom is -0.478 e. The maximum atomic E-state index is 11.8. The van der Waals surface area contributed by atoms with E-state index >= 15 is 0 Å². The number of rotatable bonds is 5. The Morgan fingerprint density at radius 1 is 1.50 bits per heavy atom. The molecule has 1 atom stereocenters. The maximum Gasteiger partial charge on any atom is 0.337 e. The first kappa shape index (κ1) is 14.9. The number of halogens is 1. The molecular formula is C10H12ClNO5S. The summed E-state index contributed by atoms with van der Waals surface area (Å²) in [6.45, 7) is 1.12. The van der Waals surface area contributed by atoms with Crippen molar-refractivity contribution in [3.8, 4) is 0 Å². The number of benzene rings is 1. The van der Waals surface area contributed by atoms with Crippen molar-refractivity contribution in [2.24, 2.45) is 0 Å². The van der Waals surface area contributed by atoms with Crippen molar-refractivity contribution in [2.45, 2.75) is 17.9 Å². The van der Waals surface area contributed by atoms with Crippen LogP contribution in [0.15, 0.2) is 23.1 Å². The minimum absolute atomic E-state index is 0.0448. The van der Waals surface area contributed by atoms with Crippen LogP contribution in [0.3, 0.4) is 0 Å². The summed E-state index contributed by atoms with van der Waals surface area (Å²) >= 11 is 5.64. The van der Waals surface area contributed by atoms with Gasteiger partial charge in [-0.15, -0.1) is 0 Å². The third kappa shape index (κ3) is 3.42. The van der Waals surface area contributed by atoms with Gasteiger partial charge in [0.25, 0.3) is 0 Å². The molecule has 100 valence electrons. The van der Waals surface area contributed by atoms with Crippen LogP contribution in [0.2, 0.25) is 5.02 Å². The van der Waals surface area contributed by atoms with Gasteiger partial charge in [-0.1, -0.05) is 11.6 Å². The van der Waals surface area contributed by atoms with Crippen molar-refractivity contribution in [1.82, 2.24) is 4.72 Å². The van der Waals surface area contributed by atoms with Crippen LogP contribution in [0, 0.1) is 0 Å². The molecule has 0 aliphatic carbocycles. The molecule has 0 bridgehead atoms. The Hall–Kier alpha value is -1.15. The Labute approximate surface area is 109 Å². The number of carbonyl (C=O) groups is 1. The van der Waals surface area contributed by atoms with Gasteiger partial charge in [-0.2, -0.15) is 0 Å². The molecule has 0 unspecified atom stereocenters. The van der Waals surface area contributed by atoms with E-state index in [0.29, 0.717) is 0 Å². The third-order valence-electron chi connectivity index (χ3n) is 2.11. The molecule has 0 fully saturated rings.